The van der Waals surface area contributed by atoms with Gasteiger partial charge in [-0.2, -0.15) is 0 Å². The molecule has 0 fully saturated rings. The molecule has 2 aromatic rings. The number of hydrogen-bond acceptors (Lipinski definition) is 1. The predicted octanol–water partition coefficient (Wildman–Crippen LogP) is 5.67. The Hall–Kier alpha value is -0.700. The molecule has 104 valence electrons. The molecular weight excluding hydrogens is 359 g/mol. The first-order valence-electron chi connectivity index (χ1n) is 6.41. The molecule has 0 saturated carbocycles. The largest absolute Gasteiger partial charge is 0.493 e. The van der Waals surface area contributed by atoms with E-state index in [1.165, 1.54) is 5.56 Å². The van der Waals surface area contributed by atoms with E-state index in [4.69, 9.17) is 27.9 Å². The van der Waals surface area contributed by atoms with Crippen LogP contribution in [0.2, 0.25) is 5.02 Å². The molecule has 4 heteroatoms. The fourth-order valence-electron chi connectivity index (χ4n) is 2.49. The molecule has 0 N–H and O–H groups in total. The van der Waals surface area contributed by atoms with Crippen molar-refractivity contribution in [3.05, 3.63) is 62.1 Å². The lowest BCUT2D eigenvalue weighted by Crippen LogP contribution is -1.98. The average Bonchev–Trinajstić information content (AvgIpc) is 2.85. The number of aryl methyl sites for hydroxylation is 1. The molecule has 0 radical (unpaired) electrons. The lowest BCUT2D eigenvalue weighted by Gasteiger charge is -2.16. The van der Waals surface area contributed by atoms with Gasteiger partial charge >= 0.3 is 0 Å². The van der Waals surface area contributed by atoms with Crippen LogP contribution in [-0.4, -0.2) is 6.61 Å². The fourth-order valence-corrected chi connectivity index (χ4v) is 3.77. The summed E-state index contributed by atoms with van der Waals surface area (Å²) in [5, 5.41) is 0.379. The van der Waals surface area contributed by atoms with Crippen molar-refractivity contribution >= 4 is 39.1 Å². The van der Waals surface area contributed by atoms with Gasteiger partial charge in [-0.3, -0.25) is 0 Å². The molecule has 1 unspecified atom stereocenters. The minimum absolute atomic E-state index is 0.313. The van der Waals surface area contributed by atoms with E-state index in [9.17, 15) is 0 Å². The van der Waals surface area contributed by atoms with Crippen molar-refractivity contribution in [3.63, 3.8) is 0 Å². The SMILES string of the molecule is Cc1ccc(C(Cl)c2cc(Br)cc3c2OCC3)c(Cl)c1. The average molecular weight is 372 g/mol. The highest BCUT2D eigenvalue weighted by Gasteiger charge is 2.24. The van der Waals surface area contributed by atoms with Crippen molar-refractivity contribution in [3.8, 4) is 5.75 Å². The van der Waals surface area contributed by atoms with Crippen LogP contribution in [0, 0.1) is 6.92 Å². The Kier molecular flexibility index (Phi) is 3.98. The Labute approximate surface area is 137 Å². The molecule has 3 rings (SSSR count). The molecule has 0 aliphatic carbocycles. The van der Waals surface area contributed by atoms with Gasteiger partial charge in [0.1, 0.15) is 5.75 Å². The van der Waals surface area contributed by atoms with Crippen LogP contribution < -0.4 is 4.74 Å². The second kappa shape index (κ2) is 5.59. The topological polar surface area (TPSA) is 9.23 Å². The highest BCUT2D eigenvalue weighted by Crippen LogP contribution is 2.43. The van der Waals surface area contributed by atoms with Gasteiger partial charge in [0.05, 0.1) is 12.0 Å². The lowest BCUT2D eigenvalue weighted by atomic mass is 10.00. The van der Waals surface area contributed by atoms with Crippen LogP contribution in [0.1, 0.15) is 27.6 Å². The number of benzene rings is 2. The molecule has 1 nitrogen and oxygen atoms in total. The maximum Gasteiger partial charge on any atom is 0.127 e. The molecule has 0 aromatic heterocycles. The molecule has 0 spiro atoms. The Morgan fingerprint density at radius 1 is 1.20 bits per heavy atom. The first kappa shape index (κ1) is 14.2. The second-order valence-electron chi connectivity index (χ2n) is 4.97. The van der Waals surface area contributed by atoms with Crippen molar-refractivity contribution < 1.29 is 4.74 Å². The minimum atomic E-state index is -0.313. The van der Waals surface area contributed by atoms with Gasteiger partial charge in [-0.05, 0) is 41.8 Å². The van der Waals surface area contributed by atoms with Gasteiger partial charge in [-0.25, -0.2) is 0 Å². The number of ether oxygens (including phenoxy) is 1. The van der Waals surface area contributed by atoms with Gasteiger partial charge in [-0.1, -0.05) is 39.7 Å². The number of rotatable bonds is 2. The van der Waals surface area contributed by atoms with Crippen LogP contribution in [0.4, 0.5) is 0 Å². The first-order valence-corrected chi connectivity index (χ1v) is 8.02. The van der Waals surface area contributed by atoms with Gasteiger partial charge in [0, 0.05) is 21.5 Å². The predicted molar refractivity (Wildman–Crippen MR) is 87.2 cm³/mol. The maximum atomic E-state index is 6.66. The molecule has 0 saturated heterocycles. The maximum absolute atomic E-state index is 6.66. The summed E-state index contributed by atoms with van der Waals surface area (Å²) in [5.74, 6) is 0.907. The van der Waals surface area contributed by atoms with Crippen LogP contribution in [0.3, 0.4) is 0 Å². The summed E-state index contributed by atoms with van der Waals surface area (Å²) in [4.78, 5) is 0. The quantitative estimate of drug-likeness (QED) is 0.617. The molecule has 0 amide bonds. The molecule has 0 bridgehead atoms. The monoisotopic (exact) mass is 370 g/mol. The van der Waals surface area contributed by atoms with Crippen molar-refractivity contribution in [2.45, 2.75) is 18.7 Å². The molecule has 2 aromatic carbocycles. The summed E-state index contributed by atoms with van der Waals surface area (Å²) < 4.78 is 6.76. The van der Waals surface area contributed by atoms with E-state index >= 15 is 0 Å². The Morgan fingerprint density at radius 2 is 2.00 bits per heavy atom. The molecule has 1 aliphatic rings. The van der Waals surface area contributed by atoms with Crippen molar-refractivity contribution in [1.82, 2.24) is 0 Å². The van der Waals surface area contributed by atoms with E-state index in [1.807, 2.05) is 31.2 Å². The molecule has 1 aliphatic heterocycles. The molecule has 1 heterocycles. The lowest BCUT2D eigenvalue weighted by molar-refractivity contribution is 0.353. The van der Waals surface area contributed by atoms with E-state index in [0.717, 1.165) is 33.3 Å². The van der Waals surface area contributed by atoms with Crippen LogP contribution in [0.5, 0.6) is 5.75 Å². The standard InChI is InChI=1S/C16H13BrCl2O/c1-9-2-3-12(14(18)6-9)15(19)13-8-11(17)7-10-4-5-20-16(10)13/h2-3,6-8,15H,4-5H2,1H3. The van der Waals surface area contributed by atoms with Crippen LogP contribution >= 0.6 is 39.1 Å². The van der Waals surface area contributed by atoms with Crippen LogP contribution in [0.25, 0.3) is 0 Å². The van der Waals surface area contributed by atoms with Crippen LogP contribution in [0.15, 0.2) is 34.8 Å². The third-order valence-corrected chi connectivity index (χ3v) is 4.73. The summed E-state index contributed by atoms with van der Waals surface area (Å²) in [6, 6.07) is 10.0. The van der Waals surface area contributed by atoms with Gasteiger partial charge in [0.15, 0.2) is 0 Å². The Morgan fingerprint density at radius 3 is 2.75 bits per heavy atom. The highest BCUT2D eigenvalue weighted by molar-refractivity contribution is 9.10. The van der Waals surface area contributed by atoms with Crippen molar-refractivity contribution in [2.24, 2.45) is 0 Å². The number of hydrogen-bond donors (Lipinski definition) is 0. The zero-order chi connectivity index (χ0) is 14.3. The van der Waals surface area contributed by atoms with E-state index in [2.05, 4.69) is 22.0 Å². The smallest absolute Gasteiger partial charge is 0.127 e. The fraction of sp³-hybridized carbons (Fsp3) is 0.250. The second-order valence-corrected chi connectivity index (χ2v) is 6.73. The van der Waals surface area contributed by atoms with Gasteiger partial charge in [-0.15, -0.1) is 11.6 Å². The van der Waals surface area contributed by atoms with Crippen molar-refractivity contribution in [2.75, 3.05) is 6.61 Å². The number of alkyl halides is 1. The number of halogens is 3. The van der Waals surface area contributed by atoms with E-state index in [1.54, 1.807) is 0 Å². The molecular formula is C16H13BrCl2O. The van der Waals surface area contributed by atoms with Gasteiger partial charge < -0.3 is 4.74 Å². The normalized spacial score (nSPS) is 14.8. The first-order chi connectivity index (χ1) is 9.56. The summed E-state index contributed by atoms with van der Waals surface area (Å²) in [6.45, 7) is 2.73. The van der Waals surface area contributed by atoms with Gasteiger partial charge in [0.25, 0.3) is 0 Å². The Bertz CT molecular complexity index is 670. The summed E-state index contributed by atoms with van der Waals surface area (Å²) in [6.07, 6.45) is 0.924. The summed E-state index contributed by atoms with van der Waals surface area (Å²) in [5.41, 5.74) is 4.20. The highest BCUT2D eigenvalue weighted by atomic mass is 79.9. The zero-order valence-corrected chi connectivity index (χ0v) is 14.0. The van der Waals surface area contributed by atoms with Crippen molar-refractivity contribution in [1.29, 1.82) is 0 Å². The third kappa shape index (κ3) is 2.57. The van der Waals surface area contributed by atoms with E-state index < -0.39 is 0 Å². The molecule has 20 heavy (non-hydrogen) atoms. The third-order valence-electron chi connectivity index (χ3n) is 3.48. The number of fused-ring (bicyclic) bond motifs is 1. The van der Waals surface area contributed by atoms with E-state index in [-0.39, 0.29) is 5.38 Å². The summed E-state index contributed by atoms with van der Waals surface area (Å²) in [7, 11) is 0. The minimum Gasteiger partial charge on any atom is -0.493 e. The zero-order valence-electron chi connectivity index (χ0n) is 10.9. The summed E-state index contributed by atoms with van der Waals surface area (Å²) >= 11 is 16.5. The van der Waals surface area contributed by atoms with Gasteiger partial charge in [0.2, 0.25) is 0 Å². The molecule has 1 atom stereocenters. The Balaban J connectivity index is 2.09. The van der Waals surface area contributed by atoms with Crippen LogP contribution in [-0.2, 0) is 6.42 Å². The van der Waals surface area contributed by atoms with E-state index in [0.29, 0.717) is 11.6 Å².